The summed E-state index contributed by atoms with van der Waals surface area (Å²) in [5.41, 5.74) is 8.30. The molecular weight excluding hydrogens is 276 g/mol. The van der Waals surface area contributed by atoms with Crippen molar-refractivity contribution in [3.8, 4) is 0 Å². The Morgan fingerprint density at radius 1 is 1.36 bits per heavy atom. The summed E-state index contributed by atoms with van der Waals surface area (Å²) in [6.45, 7) is 5.75. The van der Waals surface area contributed by atoms with E-state index >= 15 is 0 Å². The molecule has 0 saturated carbocycles. The molecule has 1 aliphatic heterocycles. The van der Waals surface area contributed by atoms with Gasteiger partial charge in [0.25, 0.3) is 0 Å². The second kappa shape index (κ2) is 6.63. The number of rotatable bonds is 4. The summed E-state index contributed by atoms with van der Waals surface area (Å²) >= 11 is 0. The van der Waals surface area contributed by atoms with Gasteiger partial charge in [0.1, 0.15) is 5.58 Å². The van der Waals surface area contributed by atoms with E-state index in [1.165, 1.54) is 12.8 Å². The summed E-state index contributed by atoms with van der Waals surface area (Å²) in [4.78, 5) is 14.3. The molecule has 1 atom stereocenters. The summed E-state index contributed by atoms with van der Waals surface area (Å²) in [7, 11) is 0. The Balaban J connectivity index is 1.85. The Bertz CT molecular complexity index is 706. The monoisotopic (exact) mass is 300 g/mol. The van der Waals surface area contributed by atoms with Crippen LogP contribution >= 0.6 is 0 Å². The molecule has 1 unspecified atom stereocenters. The molecule has 2 aromatic rings. The first-order valence-corrected chi connectivity index (χ1v) is 8.11. The summed E-state index contributed by atoms with van der Waals surface area (Å²) < 4.78 is 5.34. The molecule has 1 fully saturated rings. The van der Waals surface area contributed by atoms with Gasteiger partial charge < -0.3 is 10.2 Å². The first kappa shape index (κ1) is 15.3. The molecule has 4 nitrogen and oxygen atoms in total. The minimum absolute atomic E-state index is 0.261. The molecule has 2 N–H and O–H groups in total. The lowest BCUT2D eigenvalue weighted by atomic mass is 9.94. The van der Waals surface area contributed by atoms with E-state index in [2.05, 4.69) is 17.0 Å². The zero-order chi connectivity index (χ0) is 15.5. The van der Waals surface area contributed by atoms with Crippen LogP contribution in [0.3, 0.4) is 0 Å². The lowest BCUT2D eigenvalue weighted by molar-refractivity contribution is 0.163. The highest BCUT2D eigenvalue weighted by molar-refractivity contribution is 5.80. The maximum atomic E-state index is 11.8. The van der Waals surface area contributed by atoms with Crippen molar-refractivity contribution in [2.75, 3.05) is 19.6 Å². The van der Waals surface area contributed by atoms with Gasteiger partial charge in [-0.25, -0.2) is 4.79 Å². The smallest absolute Gasteiger partial charge is 0.336 e. The predicted octanol–water partition coefficient (Wildman–Crippen LogP) is 2.66. The fourth-order valence-electron chi connectivity index (χ4n) is 3.48. The Hall–Kier alpha value is -1.65. The van der Waals surface area contributed by atoms with Gasteiger partial charge in [-0.15, -0.1) is 0 Å². The van der Waals surface area contributed by atoms with Crippen molar-refractivity contribution in [3.05, 3.63) is 45.8 Å². The zero-order valence-corrected chi connectivity index (χ0v) is 13.2. The molecule has 4 heteroatoms. The first-order chi connectivity index (χ1) is 10.7. The summed E-state index contributed by atoms with van der Waals surface area (Å²) in [5.74, 6) is 0.687. The normalized spacial score (nSPS) is 19.6. The number of fused-ring (bicyclic) bond motifs is 1. The van der Waals surface area contributed by atoms with Crippen molar-refractivity contribution in [3.63, 3.8) is 0 Å². The Morgan fingerprint density at radius 2 is 2.23 bits per heavy atom. The lowest BCUT2D eigenvalue weighted by Gasteiger charge is -2.32. The topological polar surface area (TPSA) is 59.5 Å². The van der Waals surface area contributed by atoms with Crippen LogP contribution in [-0.4, -0.2) is 24.5 Å². The molecule has 3 rings (SSSR count). The van der Waals surface area contributed by atoms with Crippen molar-refractivity contribution in [1.82, 2.24) is 4.90 Å². The van der Waals surface area contributed by atoms with Crippen LogP contribution in [0.5, 0.6) is 0 Å². The van der Waals surface area contributed by atoms with E-state index in [9.17, 15) is 4.79 Å². The zero-order valence-electron chi connectivity index (χ0n) is 13.2. The number of aryl methyl sites for hydroxylation is 1. The summed E-state index contributed by atoms with van der Waals surface area (Å²) in [5, 5.41) is 1.05. The van der Waals surface area contributed by atoms with Crippen molar-refractivity contribution in [2.24, 2.45) is 11.7 Å². The van der Waals surface area contributed by atoms with Gasteiger partial charge in [-0.05, 0) is 62.4 Å². The molecule has 1 aromatic carbocycles. The predicted molar refractivity (Wildman–Crippen MR) is 88.9 cm³/mol. The van der Waals surface area contributed by atoms with Crippen LogP contribution in [0.4, 0.5) is 0 Å². The van der Waals surface area contributed by atoms with Gasteiger partial charge in [-0.1, -0.05) is 12.1 Å². The summed E-state index contributed by atoms with van der Waals surface area (Å²) in [6, 6.07) is 7.71. The summed E-state index contributed by atoms with van der Waals surface area (Å²) in [6.07, 6.45) is 3.57. The molecule has 0 spiro atoms. The largest absolute Gasteiger partial charge is 0.423 e. The minimum atomic E-state index is -0.261. The van der Waals surface area contributed by atoms with E-state index < -0.39 is 0 Å². The molecule has 0 amide bonds. The third-order valence-electron chi connectivity index (χ3n) is 4.56. The second-order valence-electron chi connectivity index (χ2n) is 6.41. The van der Waals surface area contributed by atoms with Crippen LogP contribution in [0, 0.1) is 12.8 Å². The first-order valence-electron chi connectivity index (χ1n) is 8.11. The van der Waals surface area contributed by atoms with E-state index in [4.69, 9.17) is 10.2 Å². The molecule has 2 heterocycles. The van der Waals surface area contributed by atoms with E-state index in [1.54, 1.807) is 6.07 Å². The molecule has 0 aliphatic carbocycles. The van der Waals surface area contributed by atoms with Crippen LogP contribution < -0.4 is 11.4 Å². The highest BCUT2D eigenvalue weighted by Crippen LogP contribution is 2.24. The highest BCUT2D eigenvalue weighted by Gasteiger charge is 2.20. The third-order valence-corrected chi connectivity index (χ3v) is 4.56. The van der Waals surface area contributed by atoms with Crippen molar-refractivity contribution < 1.29 is 4.42 Å². The van der Waals surface area contributed by atoms with E-state index in [0.29, 0.717) is 11.5 Å². The average Bonchev–Trinajstić information content (AvgIpc) is 2.47. The Labute approximate surface area is 130 Å². The Morgan fingerprint density at radius 3 is 3.05 bits per heavy atom. The molecule has 22 heavy (non-hydrogen) atoms. The lowest BCUT2D eigenvalue weighted by Crippen LogP contribution is -2.35. The number of hydrogen-bond donors (Lipinski definition) is 1. The third kappa shape index (κ3) is 3.39. The van der Waals surface area contributed by atoms with Gasteiger partial charge in [-0.3, -0.25) is 4.90 Å². The van der Waals surface area contributed by atoms with E-state index in [1.807, 2.05) is 13.0 Å². The average molecular weight is 300 g/mol. The number of hydrogen-bond acceptors (Lipinski definition) is 4. The second-order valence-corrected chi connectivity index (χ2v) is 6.41. The van der Waals surface area contributed by atoms with Crippen molar-refractivity contribution in [1.29, 1.82) is 0 Å². The van der Waals surface area contributed by atoms with Gasteiger partial charge >= 0.3 is 5.63 Å². The molecule has 1 aliphatic rings. The number of nitrogens with two attached hydrogens (primary N) is 1. The molecule has 1 aromatic heterocycles. The standard InChI is InChI=1S/C18H24N2O2/c1-13-4-5-16-15(10-18(21)22-17(16)9-13)12-20-8-2-3-14(11-20)6-7-19/h4-5,9-10,14H,2-3,6-8,11-12,19H2,1H3. The van der Waals surface area contributed by atoms with Gasteiger partial charge in [0.15, 0.2) is 0 Å². The Kier molecular flexibility index (Phi) is 4.60. The fourth-order valence-corrected chi connectivity index (χ4v) is 3.48. The molecule has 0 radical (unpaired) electrons. The highest BCUT2D eigenvalue weighted by atomic mass is 16.4. The van der Waals surface area contributed by atoms with Gasteiger partial charge in [0.05, 0.1) is 0 Å². The minimum Gasteiger partial charge on any atom is -0.423 e. The molecule has 0 bridgehead atoms. The SMILES string of the molecule is Cc1ccc2c(CN3CCCC(CCN)C3)cc(=O)oc2c1. The van der Waals surface area contributed by atoms with Crippen molar-refractivity contribution >= 4 is 11.0 Å². The van der Waals surface area contributed by atoms with E-state index in [-0.39, 0.29) is 5.63 Å². The van der Waals surface area contributed by atoms with Crippen LogP contribution in [-0.2, 0) is 6.54 Å². The van der Waals surface area contributed by atoms with Crippen LogP contribution in [0.15, 0.2) is 33.5 Å². The quantitative estimate of drug-likeness (QED) is 0.882. The maximum absolute atomic E-state index is 11.8. The number of nitrogens with zero attached hydrogens (tertiary/aromatic N) is 1. The molecular formula is C18H24N2O2. The molecule has 118 valence electrons. The van der Waals surface area contributed by atoms with Crippen LogP contribution in [0.25, 0.3) is 11.0 Å². The van der Waals surface area contributed by atoms with Crippen molar-refractivity contribution in [2.45, 2.75) is 32.7 Å². The van der Waals surface area contributed by atoms with E-state index in [0.717, 1.165) is 49.1 Å². The molecule has 1 saturated heterocycles. The van der Waals surface area contributed by atoms with Gasteiger partial charge in [0.2, 0.25) is 0 Å². The van der Waals surface area contributed by atoms with Gasteiger partial charge in [-0.2, -0.15) is 0 Å². The van der Waals surface area contributed by atoms with Gasteiger partial charge in [0, 0.05) is 24.5 Å². The fraction of sp³-hybridized carbons (Fsp3) is 0.500. The number of likely N-dealkylation sites (tertiary alicyclic amines) is 1. The maximum Gasteiger partial charge on any atom is 0.336 e. The number of benzene rings is 1. The van der Waals surface area contributed by atoms with Crippen LogP contribution in [0.1, 0.15) is 30.4 Å². The number of piperidine rings is 1. The van der Waals surface area contributed by atoms with Crippen LogP contribution in [0.2, 0.25) is 0 Å².